The number of rotatable bonds is 7. The van der Waals surface area contributed by atoms with Crippen LogP contribution in [0.25, 0.3) is 0 Å². The predicted molar refractivity (Wildman–Crippen MR) is 129 cm³/mol. The van der Waals surface area contributed by atoms with Crippen LogP contribution in [-0.2, 0) is 21.0 Å². The summed E-state index contributed by atoms with van der Waals surface area (Å²) in [5.41, 5.74) is 1.79. The number of nitrogens with zero attached hydrogens (tertiary/aromatic N) is 2. The summed E-state index contributed by atoms with van der Waals surface area (Å²) < 4.78 is 67.5. The van der Waals surface area contributed by atoms with Crippen LogP contribution in [0.3, 0.4) is 0 Å². The summed E-state index contributed by atoms with van der Waals surface area (Å²) in [5, 5.41) is 3.52. The second-order valence-corrected chi connectivity index (χ2v) is 9.98. The number of anilines is 1. The number of amides is 1. The number of hydrogen-bond acceptors (Lipinski definition) is 4. The van der Waals surface area contributed by atoms with Crippen molar-refractivity contribution in [1.29, 1.82) is 0 Å². The topological polar surface area (TPSA) is 78.8 Å². The molecule has 1 N–H and O–H groups in total. The Morgan fingerprint density at radius 1 is 1.03 bits per heavy atom. The number of carbonyl (C=O) groups excluding carboxylic acids is 1. The molecule has 0 aromatic heterocycles. The van der Waals surface area contributed by atoms with E-state index in [1.54, 1.807) is 31.2 Å². The van der Waals surface area contributed by atoms with Gasteiger partial charge < -0.3 is 0 Å². The Hall–Kier alpha value is -3.08. The van der Waals surface area contributed by atoms with Gasteiger partial charge in [-0.1, -0.05) is 59.1 Å². The fourth-order valence-electron chi connectivity index (χ4n) is 2.96. The van der Waals surface area contributed by atoms with Gasteiger partial charge in [0.05, 0.1) is 27.4 Å². The Balaban J connectivity index is 1.96. The monoisotopic (exact) mass is 543 g/mol. The highest BCUT2D eigenvalue weighted by Crippen LogP contribution is 2.38. The highest BCUT2D eigenvalue weighted by molar-refractivity contribution is 7.92. The molecule has 0 aliphatic rings. The maximum Gasteiger partial charge on any atom is 0.417 e. The maximum absolute atomic E-state index is 13.4. The van der Waals surface area contributed by atoms with Gasteiger partial charge in [0.1, 0.15) is 6.54 Å². The van der Waals surface area contributed by atoms with Gasteiger partial charge in [0.2, 0.25) is 0 Å². The molecule has 12 heteroatoms. The fraction of sp³-hybridized carbons (Fsp3) is 0.130. The quantitative estimate of drug-likeness (QED) is 0.308. The van der Waals surface area contributed by atoms with E-state index in [-0.39, 0.29) is 4.90 Å². The van der Waals surface area contributed by atoms with E-state index >= 15 is 0 Å². The number of nitrogens with one attached hydrogen (secondary N) is 1. The molecule has 35 heavy (non-hydrogen) atoms. The molecule has 0 saturated heterocycles. The van der Waals surface area contributed by atoms with Crippen molar-refractivity contribution in [2.75, 3.05) is 10.8 Å². The molecule has 184 valence electrons. The lowest BCUT2D eigenvalue weighted by Crippen LogP contribution is -2.39. The van der Waals surface area contributed by atoms with Crippen LogP contribution in [-0.4, -0.2) is 27.1 Å². The van der Waals surface area contributed by atoms with E-state index in [1.807, 2.05) is 0 Å². The van der Waals surface area contributed by atoms with Gasteiger partial charge in [-0.3, -0.25) is 9.10 Å². The summed E-state index contributed by atoms with van der Waals surface area (Å²) in [4.78, 5) is 12.4. The third-order valence-electron chi connectivity index (χ3n) is 4.74. The van der Waals surface area contributed by atoms with Gasteiger partial charge >= 0.3 is 6.18 Å². The summed E-state index contributed by atoms with van der Waals surface area (Å²) in [5.74, 6) is -0.896. The number of halogens is 5. The van der Waals surface area contributed by atoms with Crippen molar-refractivity contribution in [1.82, 2.24) is 5.43 Å². The molecule has 0 heterocycles. The number of hydrogen-bond donors (Lipinski definition) is 1. The van der Waals surface area contributed by atoms with Crippen molar-refractivity contribution in [2.24, 2.45) is 5.10 Å². The zero-order valence-electron chi connectivity index (χ0n) is 18.1. The van der Waals surface area contributed by atoms with E-state index in [9.17, 15) is 26.4 Å². The minimum Gasteiger partial charge on any atom is -0.271 e. The van der Waals surface area contributed by atoms with Crippen LogP contribution in [0, 0.1) is 6.92 Å². The highest BCUT2D eigenvalue weighted by Gasteiger charge is 2.35. The Labute approximate surface area is 210 Å². The van der Waals surface area contributed by atoms with Crippen molar-refractivity contribution in [3.05, 3.63) is 93.5 Å². The molecule has 0 atom stereocenters. The van der Waals surface area contributed by atoms with Crippen molar-refractivity contribution in [2.45, 2.75) is 18.0 Å². The molecular formula is C23H18Cl2F3N3O3S. The van der Waals surface area contributed by atoms with E-state index in [0.717, 1.165) is 17.7 Å². The largest absolute Gasteiger partial charge is 0.417 e. The van der Waals surface area contributed by atoms with Gasteiger partial charge in [0.15, 0.2) is 0 Å². The molecule has 0 bridgehead atoms. The van der Waals surface area contributed by atoms with Crippen molar-refractivity contribution < 1.29 is 26.4 Å². The molecule has 0 unspecified atom stereocenters. The molecule has 0 fully saturated rings. The van der Waals surface area contributed by atoms with E-state index in [4.69, 9.17) is 23.2 Å². The molecule has 0 saturated carbocycles. The van der Waals surface area contributed by atoms with E-state index < -0.39 is 44.9 Å². The molecular weight excluding hydrogens is 526 g/mol. The lowest BCUT2D eigenvalue weighted by atomic mass is 10.2. The van der Waals surface area contributed by atoms with Crippen LogP contribution >= 0.6 is 23.2 Å². The first-order chi connectivity index (χ1) is 16.4. The SMILES string of the molecule is Cc1ccc(S(=O)(=O)N(CC(=O)N/N=C\c2ccccc2Cl)c2ccc(Cl)c(C(F)(F)F)c2)cc1. The van der Waals surface area contributed by atoms with Crippen LogP contribution < -0.4 is 9.73 Å². The third kappa shape index (κ3) is 6.53. The molecule has 0 aliphatic carbocycles. The minimum atomic E-state index is -4.84. The Bertz CT molecular complexity index is 1360. The van der Waals surface area contributed by atoms with E-state index in [2.05, 4.69) is 10.5 Å². The first-order valence-corrected chi connectivity index (χ1v) is 12.1. The molecule has 0 radical (unpaired) electrons. The van der Waals surface area contributed by atoms with Crippen LogP contribution in [0.2, 0.25) is 10.0 Å². The standard InChI is InChI=1S/C23H18Cl2F3N3O3S/c1-15-6-9-18(10-7-15)35(33,34)31(17-8-11-21(25)19(12-17)23(26,27)28)14-22(32)30-29-13-16-4-2-3-5-20(16)24/h2-13H,14H2,1H3,(H,30,32)/b29-13-. The molecule has 1 amide bonds. The Kier molecular flexibility index (Phi) is 8.09. The zero-order valence-corrected chi connectivity index (χ0v) is 20.4. The lowest BCUT2D eigenvalue weighted by Gasteiger charge is -2.25. The summed E-state index contributed by atoms with van der Waals surface area (Å²) in [7, 11) is -4.44. The van der Waals surface area contributed by atoms with Crippen LogP contribution in [0.5, 0.6) is 0 Å². The van der Waals surface area contributed by atoms with Gasteiger partial charge in [-0.2, -0.15) is 18.3 Å². The van der Waals surface area contributed by atoms with Crippen molar-refractivity contribution in [3.63, 3.8) is 0 Å². The van der Waals surface area contributed by atoms with Crippen molar-refractivity contribution >= 4 is 51.0 Å². The molecule has 6 nitrogen and oxygen atoms in total. The van der Waals surface area contributed by atoms with Crippen molar-refractivity contribution in [3.8, 4) is 0 Å². The molecule has 3 aromatic rings. The van der Waals surface area contributed by atoms with Crippen LogP contribution in [0.4, 0.5) is 18.9 Å². The third-order valence-corrected chi connectivity index (χ3v) is 7.20. The first kappa shape index (κ1) is 26.5. The first-order valence-electron chi connectivity index (χ1n) is 9.92. The van der Waals surface area contributed by atoms with Gasteiger partial charge in [0, 0.05) is 10.6 Å². The average Bonchev–Trinajstić information content (AvgIpc) is 2.79. The second-order valence-electron chi connectivity index (χ2n) is 7.30. The number of aryl methyl sites for hydroxylation is 1. The summed E-state index contributed by atoms with van der Waals surface area (Å²) in [6.07, 6.45) is -3.59. The number of benzene rings is 3. The lowest BCUT2D eigenvalue weighted by molar-refractivity contribution is -0.137. The molecule has 3 aromatic carbocycles. The molecule has 0 aliphatic heterocycles. The summed E-state index contributed by atoms with van der Waals surface area (Å²) >= 11 is 11.7. The Morgan fingerprint density at radius 3 is 2.31 bits per heavy atom. The molecule has 0 spiro atoms. The van der Waals surface area contributed by atoms with Crippen LogP contribution in [0.15, 0.2) is 76.7 Å². The number of sulfonamides is 1. The van der Waals surface area contributed by atoms with Gasteiger partial charge in [-0.15, -0.1) is 0 Å². The van der Waals surface area contributed by atoms with Gasteiger partial charge in [-0.25, -0.2) is 13.8 Å². The fourth-order valence-corrected chi connectivity index (χ4v) is 4.78. The molecule has 3 rings (SSSR count). The van der Waals surface area contributed by atoms with E-state index in [0.29, 0.717) is 21.0 Å². The smallest absolute Gasteiger partial charge is 0.271 e. The number of hydrazone groups is 1. The number of alkyl halides is 3. The summed E-state index contributed by atoms with van der Waals surface area (Å²) in [6, 6.07) is 14.9. The summed E-state index contributed by atoms with van der Waals surface area (Å²) in [6.45, 7) is 0.891. The Morgan fingerprint density at radius 2 is 1.69 bits per heavy atom. The minimum absolute atomic E-state index is 0.209. The average molecular weight is 544 g/mol. The van der Waals surface area contributed by atoms with Gasteiger partial charge in [0.25, 0.3) is 15.9 Å². The second kappa shape index (κ2) is 10.7. The number of carbonyl (C=O) groups is 1. The highest BCUT2D eigenvalue weighted by atomic mass is 35.5. The predicted octanol–water partition coefficient (Wildman–Crippen LogP) is 5.67. The zero-order chi connectivity index (χ0) is 25.8. The van der Waals surface area contributed by atoms with E-state index in [1.165, 1.54) is 30.5 Å². The maximum atomic E-state index is 13.4. The van der Waals surface area contributed by atoms with Crippen LogP contribution in [0.1, 0.15) is 16.7 Å². The normalized spacial score (nSPS) is 12.1. The van der Waals surface area contributed by atoms with Gasteiger partial charge in [-0.05, 0) is 43.3 Å².